The number of hydrogen-bond acceptors (Lipinski definition) is 7. The van der Waals surface area contributed by atoms with E-state index < -0.39 is 0 Å². The standard InChI is InChI=1S/C18H16N4O2S/c1-11(10-12-6-5-9-23-12)16-19-14-8-4-3-7-13(14)15-17(24-16)20-18(25-2)22-21-15/h3-10,16,19H,1-2H3/b11-10+/t16-/m0/s1. The van der Waals surface area contributed by atoms with Crippen LogP contribution < -0.4 is 10.1 Å². The molecule has 0 spiro atoms. The summed E-state index contributed by atoms with van der Waals surface area (Å²) in [5, 5.41) is 12.5. The van der Waals surface area contributed by atoms with Gasteiger partial charge in [0.2, 0.25) is 11.0 Å². The Labute approximate surface area is 149 Å². The van der Waals surface area contributed by atoms with Crippen LogP contribution in [0.5, 0.6) is 5.88 Å². The Kier molecular flexibility index (Phi) is 4.15. The van der Waals surface area contributed by atoms with E-state index >= 15 is 0 Å². The number of para-hydroxylation sites is 1. The number of aromatic nitrogens is 3. The zero-order valence-corrected chi connectivity index (χ0v) is 14.6. The molecule has 0 fully saturated rings. The first kappa shape index (κ1) is 15.7. The van der Waals surface area contributed by atoms with Crippen LogP contribution in [0.1, 0.15) is 12.7 Å². The van der Waals surface area contributed by atoms with Gasteiger partial charge in [-0.1, -0.05) is 30.0 Å². The second kappa shape index (κ2) is 6.60. The summed E-state index contributed by atoms with van der Waals surface area (Å²) in [6, 6.07) is 11.7. The van der Waals surface area contributed by atoms with Crippen molar-refractivity contribution in [3.63, 3.8) is 0 Å². The summed E-state index contributed by atoms with van der Waals surface area (Å²) in [7, 11) is 0. The minimum atomic E-state index is -0.390. The Morgan fingerprint density at radius 1 is 1.20 bits per heavy atom. The average Bonchev–Trinajstić information content (AvgIpc) is 3.08. The van der Waals surface area contributed by atoms with Crippen molar-refractivity contribution in [1.82, 2.24) is 15.2 Å². The summed E-state index contributed by atoms with van der Waals surface area (Å²) in [5.74, 6) is 1.24. The van der Waals surface area contributed by atoms with Gasteiger partial charge >= 0.3 is 0 Å². The molecule has 0 radical (unpaired) electrons. The van der Waals surface area contributed by atoms with Crippen molar-refractivity contribution >= 4 is 23.5 Å². The van der Waals surface area contributed by atoms with Crippen molar-refractivity contribution in [2.24, 2.45) is 0 Å². The van der Waals surface area contributed by atoms with Gasteiger partial charge in [-0.15, -0.1) is 10.2 Å². The minimum absolute atomic E-state index is 0.390. The maximum Gasteiger partial charge on any atom is 0.247 e. The van der Waals surface area contributed by atoms with E-state index in [1.165, 1.54) is 11.8 Å². The third-order valence-corrected chi connectivity index (χ3v) is 4.38. The highest BCUT2D eigenvalue weighted by atomic mass is 32.2. The molecule has 0 saturated carbocycles. The molecule has 126 valence electrons. The second-order valence-electron chi connectivity index (χ2n) is 5.54. The van der Waals surface area contributed by atoms with E-state index in [0.29, 0.717) is 16.7 Å². The third-order valence-electron chi connectivity index (χ3n) is 3.84. The van der Waals surface area contributed by atoms with E-state index in [0.717, 1.165) is 22.6 Å². The normalized spacial score (nSPS) is 16.2. The summed E-state index contributed by atoms with van der Waals surface area (Å²) < 4.78 is 11.5. The first-order valence-corrected chi connectivity index (χ1v) is 9.00. The van der Waals surface area contributed by atoms with Gasteiger partial charge < -0.3 is 14.5 Å². The number of rotatable bonds is 3. The van der Waals surface area contributed by atoms with Crippen molar-refractivity contribution in [1.29, 1.82) is 0 Å². The number of thioether (sulfide) groups is 1. The molecule has 3 heterocycles. The molecule has 0 unspecified atom stereocenters. The fourth-order valence-electron chi connectivity index (χ4n) is 2.61. The molecule has 1 aliphatic rings. The number of nitrogens with zero attached hydrogens (tertiary/aromatic N) is 3. The molecule has 4 rings (SSSR count). The van der Waals surface area contributed by atoms with Crippen LogP contribution in [0.25, 0.3) is 17.3 Å². The first-order chi connectivity index (χ1) is 12.2. The lowest BCUT2D eigenvalue weighted by Gasteiger charge is -2.19. The van der Waals surface area contributed by atoms with Gasteiger partial charge in [-0.25, -0.2) is 0 Å². The first-order valence-electron chi connectivity index (χ1n) is 7.77. The number of nitrogens with one attached hydrogen (secondary N) is 1. The van der Waals surface area contributed by atoms with E-state index in [4.69, 9.17) is 9.15 Å². The lowest BCUT2D eigenvalue weighted by molar-refractivity contribution is 0.255. The lowest BCUT2D eigenvalue weighted by atomic mass is 10.1. The van der Waals surface area contributed by atoms with Crippen molar-refractivity contribution in [3.05, 3.63) is 54.0 Å². The Morgan fingerprint density at radius 2 is 2.08 bits per heavy atom. The van der Waals surface area contributed by atoms with Crippen LogP contribution in [-0.4, -0.2) is 27.7 Å². The van der Waals surface area contributed by atoms with Gasteiger partial charge in [0.05, 0.1) is 6.26 Å². The zero-order chi connectivity index (χ0) is 17.2. The summed E-state index contributed by atoms with van der Waals surface area (Å²) in [6.45, 7) is 1.98. The van der Waals surface area contributed by atoms with Crippen LogP contribution >= 0.6 is 11.8 Å². The molecule has 2 aromatic heterocycles. The summed E-state index contributed by atoms with van der Waals surface area (Å²) >= 11 is 1.43. The highest BCUT2D eigenvalue weighted by Gasteiger charge is 2.25. The van der Waals surface area contributed by atoms with E-state index in [1.54, 1.807) is 6.26 Å². The predicted octanol–water partition coefficient (Wildman–Crippen LogP) is 4.09. The van der Waals surface area contributed by atoms with Gasteiger partial charge in [0.25, 0.3) is 0 Å². The molecule has 3 aromatic rings. The molecule has 1 atom stereocenters. The quantitative estimate of drug-likeness (QED) is 0.712. The van der Waals surface area contributed by atoms with Crippen molar-refractivity contribution < 1.29 is 9.15 Å². The molecule has 0 bridgehead atoms. The van der Waals surface area contributed by atoms with Crippen molar-refractivity contribution in [2.75, 3.05) is 11.6 Å². The largest absolute Gasteiger partial charge is 0.465 e. The Morgan fingerprint density at radius 3 is 2.88 bits per heavy atom. The maximum absolute atomic E-state index is 6.14. The van der Waals surface area contributed by atoms with Gasteiger partial charge in [-0.2, -0.15) is 4.98 Å². The number of anilines is 1. The number of furan rings is 1. The van der Waals surface area contributed by atoms with E-state index in [2.05, 4.69) is 20.5 Å². The average molecular weight is 352 g/mol. The maximum atomic E-state index is 6.14. The van der Waals surface area contributed by atoms with E-state index in [1.807, 2.05) is 55.7 Å². The number of fused-ring (bicyclic) bond motifs is 3. The van der Waals surface area contributed by atoms with Crippen molar-refractivity contribution in [3.8, 4) is 17.1 Å². The molecule has 1 aromatic carbocycles. The minimum Gasteiger partial charge on any atom is -0.465 e. The SMILES string of the molecule is CSc1nnc2c(n1)O[C@@H](/C(C)=C/c1ccco1)Nc1ccccc1-2. The fourth-order valence-corrected chi connectivity index (χ4v) is 2.91. The van der Waals surface area contributed by atoms with Gasteiger partial charge in [0, 0.05) is 11.3 Å². The van der Waals surface area contributed by atoms with Crippen LogP contribution in [0.15, 0.2) is 57.8 Å². The number of benzene rings is 1. The molecule has 0 amide bonds. The van der Waals surface area contributed by atoms with Gasteiger partial charge in [-0.3, -0.25) is 0 Å². The lowest BCUT2D eigenvalue weighted by Crippen LogP contribution is -2.27. The molecule has 25 heavy (non-hydrogen) atoms. The molecular weight excluding hydrogens is 336 g/mol. The molecule has 1 N–H and O–H groups in total. The molecule has 6 nitrogen and oxygen atoms in total. The Hall–Kier alpha value is -2.80. The van der Waals surface area contributed by atoms with Crippen LogP contribution in [0, 0.1) is 0 Å². The molecular formula is C18H16N4O2S. The fraction of sp³-hybridized carbons (Fsp3) is 0.167. The van der Waals surface area contributed by atoms with Crippen LogP contribution in [0.4, 0.5) is 5.69 Å². The summed E-state index contributed by atoms with van der Waals surface area (Å²) in [4.78, 5) is 4.50. The van der Waals surface area contributed by atoms with Gasteiger partial charge in [-0.05, 0) is 43.0 Å². The number of hydrogen-bond donors (Lipinski definition) is 1. The highest BCUT2D eigenvalue weighted by Crippen LogP contribution is 2.37. The predicted molar refractivity (Wildman–Crippen MR) is 97.4 cm³/mol. The summed E-state index contributed by atoms with van der Waals surface area (Å²) in [5.41, 5.74) is 3.43. The van der Waals surface area contributed by atoms with Gasteiger partial charge in [0.15, 0.2) is 11.9 Å². The molecule has 1 aliphatic heterocycles. The van der Waals surface area contributed by atoms with Gasteiger partial charge in [0.1, 0.15) is 5.76 Å². The monoisotopic (exact) mass is 352 g/mol. The molecule has 0 saturated heterocycles. The number of ether oxygens (including phenoxy) is 1. The topological polar surface area (TPSA) is 73.1 Å². The van der Waals surface area contributed by atoms with Crippen LogP contribution in [0.2, 0.25) is 0 Å². The smallest absolute Gasteiger partial charge is 0.247 e. The highest BCUT2D eigenvalue weighted by molar-refractivity contribution is 7.98. The van der Waals surface area contributed by atoms with Crippen molar-refractivity contribution in [2.45, 2.75) is 18.3 Å². The van der Waals surface area contributed by atoms with Crippen LogP contribution in [0.3, 0.4) is 0 Å². The second-order valence-corrected chi connectivity index (χ2v) is 6.32. The molecule has 0 aliphatic carbocycles. The van der Waals surface area contributed by atoms with E-state index in [9.17, 15) is 0 Å². The molecule has 7 heteroatoms. The Balaban J connectivity index is 1.79. The Bertz CT molecular complexity index is 925. The third kappa shape index (κ3) is 3.10. The van der Waals surface area contributed by atoms with E-state index in [-0.39, 0.29) is 6.23 Å². The van der Waals surface area contributed by atoms with Crippen LogP contribution in [-0.2, 0) is 0 Å². The summed E-state index contributed by atoms with van der Waals surface area (Å²) in [6.07, 6.45) is 5.10. The zero-order valence-electron chi connectivity index (χ0n) is 13.8.